The van der Waals surface area contributed by atoms with Gasteiger partial charge in [-0.25, -0.2) is 0 Å². The van der Waals surface area contributed by atoms with Gasteiger partial charge < -0.3 is 15.8 Å². The first-order valence-corrected chi connectivity index (χ1v) is 9.70. The summed E-state index contributed by atoms with van der Waals surface area (Å²) in [6, 6.07) is 3.73. The Bertz CT molecular complexity index is 853. The van der Waals surface area contributed by atoms with E-state index in [1.165, 1.54) is 11.3 Å². The number of anilines is 1. The normalized spacial score (nSPS) is 13.2. The van der Waals surface area contributed by atoms with E-state index in [2.05, 4.69) is 5.32 Å². The Morgan fingerprint density at radius 3 is 2.69 bits per heavy atom. The van der Waals surface area contributed by atoms with Gasteiger partial charge in [-0.2, -0.15) is 0 Å². The number of rotatable bonds is 5. The Kier molecular flexibility index (Phi) is 5.53. The molecule has 3 rings (SSSR count). The quantitative estimate of drug-likeness (QED) is 0.806. The van der Waals surface area contributed by atoms with Crippen molar-refractivity contribution in [2.45, 2.75) is 39.5 Å². The molecule has 1 aliphatic rings. The first-order chi connectivity index (χ1) is 12.4. The summed E-state index contributed by atoms with van der Waals surface area (Å²) in [6.45, 7) is 3.63. The van der Waals surface area contributed by atoms with E-state index in [1.807, 2.05) is 19.9 Å². The number of primary amides is 1. The maximum Gasteiger partial charge on any atom is 0.262 e. The van der Waals surface area contributed by atoms with Crippen LogP contribution in [0.15, 0.2) is 12.1 Å². The maximum atomic E-state index is 12.3. The SMILES string of the molecule is Cc1cc(C)c(OCC(=O)Nc2sc3c(c2C(N)=O)CCCC3)c(Cl)c1. The van der Waals surface area contributed by atoms with Crippen LogP contribution in [0.4, 0.5) is 5.00 Å². The molecule has 0 aliphatic heterocycles. The number of ether oxygens (including phenoxy) is 1. The summed E-state index contributed by atoms with van der Waals surface area (Å²) in [5.41, 5.74) is 8.88. The third-order valence-corrected chi connectivity index (χ3v) is 5.88. The van der Waals surface area contributed by atoms with Gasteiger partial charge in [-0.05, 0) is 62.3 Å². The van der Waals surface area contributed by atoms with Crippen molar-refractivity contribution < 1.29 is 14.3 Å². The number of hydrogen-bond acceptors (Lipinski definition) is 4. The lowest BCUT2D eigenvalue weighted by Crippen LogP contribution is -2.22. The minimum absolute atomic E-state index is 0.190. The van der Waals surface area contributed by atoms with E-state index in [-0.39, 0.29) is 12.5 Å². The molecule has 0 unspecified atom stereocenters. The smallest absolute Gasteiger partial charge is 0.262 e. The first kappa shape index (κ1) is 18.7. The van der Waals surface area contributed by atoms with Crippen LogP contribution < -0.4 is 15.8 Å². The maximum absolute atomic E-state index is 12.3. The van der Waals surface area contributed by atoms with Crippen LogP contribution in [0.5, 0.6) is 5.75 Å². The third-order valence-electron chi connectivity index (χ3n) is 4.39. The molecule has 0 atom stereocenters. The zero-order valence-corrected chi connectivity index (χ0v) is 16.4. The molecule has 0 bridgehead atoms. The van der Waals surface area contributed by atoms with Gasteiger partial charge in [0.1, 0.15) is 10.8 Å². The van der Waals surface area contributed by atoms with Gasteiger partial charge in [-0.15, -0.1) is 11.3 Å². The molecular formula is C19H21ClN2O3S. The highest BCUT2D eigenvalue weighted by atomic mass is 35.5. The fourth-order valence-electron chi connectivity index (χ4n) is 3.30. The van der Waals surface area contributed by atoms with Crippen LogP contribution in [0.1, 0.15) is 44.8 Å². The second-order valence-electron chi connectivity index (χ2n) is 6.51. The molecule has 138 valence electrons. The average Bonchev–Trinajstić information content (AvgIpc) is 2.91. The van der Waals surface area contributed by atoms with Crippen LogP contribution in [0.3, 0.4) is 0 Å². The zero-order valence-electron chi connectivity index (χ0n) is 14.8. The van der Waals surface area contributed by atoms with Gasteiger partial charge in [0.05, 0.1) is 10.6 Å². The van der Waals surface area contributed by atoms with Gasteiger partial charge in [-0.3, -0.25) is 9.59 Å². The van der Waals surface area contributed by atoms with E-state index in [9.17, 15) is 9.59 Å². The minimum atomic E-state index is -0.502. The lowest BCUT2D eigenvalue weighted by molar-refractivity contribution is -0.118. The molecule has 0 fully saturated rings. The van der Waals surface area contributed by atoms with E-state index < -0.39 is 5.91 Å². The van der Waals surface area contributed by atoms with Gasteiger partial charge in [0.25, 0.3) is 11.8 Å². The number of nitrogens with one attached hydrogen (secondary N) is 1. The summed E-state index contributed by atoms with van der Waals surface area (Å²) in [4.78, 5) is 25.3. The van der Waals surface area contributed by atoms with Crippen LogP contribution in [0.2, 0.25) is 5.02 Å². The number of fused-ring (bicyclic) bond motifs is 1. The average molecular weight is 393 g/mol. The van der Waals surface area contributed by atoms with E-state index in [1.54, 1.807) is 6.07 Å². The lowest BCUT2D eigenvalue weighted by Gasteiger charge is -2.12. The molecule has 0 saturated heterocycles. The van der Waals surface area contributed by atoms with Crippen molar-refractivity contribution in [2.24, 2.45) is 5.73 Å². The molecule has 3 N–H and O–H groups in total. The Hall–Kier alpha value is -2.05. The summed E-state index contributed by atoms with van der Waals surface area (Å²) in [7, 11) is 0. The molecule has 0 spiro atoms. The second kappa shape index (κ2) is 7.68. The van der Waals surface area contributed by atoms with Gasteiger partial charge >= 0.3 is 0 Å². The molecular weight excluding hydrogens is 372 g/mol. The predicted molar refractivity (Wildman–Crippen MR) is 105 cm³/mol. The summed E-state index contributed by atoms with van der Waals surface area (Å²) in [5.74, 6) is -0.354. The topological polar surface area (TPSA) is 81.4 Å². The second-order valence-corrected chi connectivity index (χ2v) is 8.02. The number of nitrogens with two attached hydrogens (primary N) is 1. The number of carbonyl (C=O) groups excluding carboxylic acids is 2. The van der Waals surface area contributed by atoms with Crippen molar-refractivity contribution in [1.82, 2.24) is 0 Å². The molecule has 1 aromatic carbocycles. The van der Waals surface area contributed by atoms with Gasteiger partial charge in [0.2, 0.25) is 0 Å². The molecule has 1 aromatic heterocycles. The van der Waals surface area contributed by atoms with Crippen molar-refractivity contribution in [3.05, 3.63) is 44.3 Å². The Balaban J connectivity index is 1.73. The van der Waals surface area contributed by atoms with Gasteiger partial charge in [0, 0.05) is 4.88 Å². The molecule has 2 amide bonds. The minimum Gasteiger partial charge on any atom is -0.482 e. The molecule has 7 heteroatoms. The zero-order chi connectivity index (χ0) is 18.8. The molecule has 1 heterocycles. The summed E-state index contributed by atoms with van der Waals surface area (Å²) >= 11 is 7.63. The highest BCUT2D eigenvalue weighted by Crippen LogP contribution is 2.38. The number of benzene rings is 1. The number of thiophene rings is 1. The van der Waals surface area contributed by atoms with Crippen molar-refractivity contribution in [1.29, 1.82) is 0 Å². The Morgan fingerprint density at radius 1 is 1.27 bits per heavy atom. The third kappa shape index (κ3) is 3.86. The fourth-order valence-corrected chi connectivity index (χ4v) is 4.99. The molecule has 0 saturated carbocycles. The summed E-state index contributed by atoms with van der Waals surface area (Å²) in [5, 5.41) is 3.77. The predicted octanol–water partition coefficient (Wildman–Crippen LogP) is 4.01. The van der Waals surface area contributed by atoms with E-state index in [4.69, 9.17) is 22.1 Å². The molecule has 5 nitrogen and oxygen atoms in total. The van der Waals surface area contributed by atoms with Crippen LogP contribution in [0, 0.1) is 13.8 Å². The van der Waals surface area contributed by atoms with Crippen LogP contribution in [0.25, 0.3) is 0 Å². The van der Waals surface area contributed by atoms with Crippen molar-refractivity contribution in [3.63, 3.8) is 0 Å². The van der Waals surface area contributed by atoms with E-state index >= 15 is 0 Å². The van der Waals surface area contributed by atoms with Crippen molar-refractivity contribution >= 4 is 39.8 Å². The van der Waals surface area contributed by atoms with Crippen LogP contribution >= 0.6 is 22.9 Å². The lowest BCUT2D eigenvalue weighted by atomic mass is 9.95. The number of hydrogen-bond donors (Lipinski definition) is 2. The highest BCUT2D eigenvalue weighted by Gasteiger charge is 2.25. The number of amides is 2. The van der Waals surface area contributed by atoms with Crippen LogP contribution in [-0.2, 0) is 17.6 Å². The number of halogens is 1. The number of aryl methyl sites for hydroxylation is 3. The van der Waals surface area contributed by atoms with Gasteiger partial charge in [-0.1, -0.05) is 17.7 Å². The highest BCUT2D eigenvalue weighted by molar-refractivity contribution is 7.17. The van der Waals surface area contributed by atoms with Crippen molar-refractivity contribution in [3.8, 4) is 5.75 Å². The van der Waals surface area contributed by atoms with E-state index in [0.717, 1.165) is 47.3 Å². The largest absolute Gasteiger partial charge is 0.482 e. The molecule has 0 radical (unpaired) electrons. The monoisotopic (exact) mass is 392 g/mol. The van der Waals surface area contributed by atoms with Gasteiger partial charge in [0.15, 0.2) is 6.61 Å². The molecule has 2 aromatic rings. The molecule has 26 heavy (non-hydrogen) atoms. The molecule has 1 aliphatic carbocycles. The first-order valence-electron chi connectivity index (χ1n) is 8.50. The Labute approximate surface area is 161 Å². The van der Waals surface area contributed by atoms with E-state index in [0.29, 0.717) is 21.3 Å². The summed E-state index contributed by atoms with van der Waals surface area (Å²) < 4.78 is 5.60. The summed E-state index contributed by atoms with van der Waals surface area (Å²) in [6.07, 6.45) is 3.87. The Morgan fingerprint density at radius 2 is 2.00 bits per heavy atom. The fraction of sp³-hybridized carbons (Fsp3) is 0.368. The van der Waals surface area contributed by atoms with Crippen molar-refractivity contribution in [2.75, 3.05) is 11.9 Å². The van der Waals surface area contributed by atoms with Crippen LogP contribution in [-0.4, -0.2) is 18.4 Å². The standard InChI is InChI=1S/C19H21ClN2O3S/c1-10-7-11(2)17(13(20)8-10)25-9-15(23)22-19-16(18(21)24)12-5-3-4-6-14(12)26-19/h7-8H,3-6,9H2,1-2H3,(H2,21,24)(H,22,23). The number of carbonyl (C=O) groups is 2.